The van der Waals surface area contributed by atoms with Crippen molar-refractivity contribution in [2.75, 3.05) is 18.9 Å². The Bertz CT molecular complexity index is 899. The quantitative estimate of drug-likeness (QED) is 0.825. The van der Waals surface area contributed by atoms with Crippen molar-refractivity contribution < 1.29 is 17.6 Å². The monoisotopic (exact) mass is 404 g/mol. The Hall–Kier alpha value is -1.67. The second-order valence-corrected chi connectivity index (χ2v) is 8.14. The topological polar surface area (TPSA) is 66.5 Å². The van der Waals surface area contributed by atoms with Crippen LogP contribution in [0.1, 0.15) is 5.56 Å². The van der Waals surface area contributed by atoms with Gasteiger partial charge in [-0.2, -0.15) is 4.31 Å². The van der Waals surface area contributed by atoms with Crippen molar-refractivity contribution in [2.45, 2.75) is 11.8 Å². The molecule has 5 nitrogen and oxygen atoms in total. The molecule has 0 fully saturated rings. The number of likely N-dealkylation sites (N-methyl/N-ethyl adjacent to an activating group) is 1. The van der Waals surface area contributed by atoms with E-state index in [0.29, 0.717) is 5.56 Å². The fraction of sp³-hybridized carbons (Fsp3) is 0.188. The standard InChI is InChI=1S/C16H15Cl2FN2O3S/c1-10-6-7-11(19)8-14(10)25(23,24)21(2)9-15(22)20-16-12(17)4-3-5-13(16)18/h3-8H,9H2,1-2H3,(H,20,22). The highest BCUT2D eigenvalue weighted by molar-refractivity contribution is 7.89. The lowest BCUT2D eigenvalue weighted by Crippen LogP contribution is -2.35. The van der Waals surface area contributed by atoms with Crippen LogP contribution in [-0.4, -0.2) is 32.2 Å². The van der Waals surface area contributed by atoms with E-state index < -0.39 is 28.3 Å². The fourth-order valence-corrected chi connectivity index (χ4v) is 3.95. The zero-order valence-corrected chi connectivity index (χ0v) is 15.7. The van der Waals surface area contributed by atoms with Gasteiger partial charge in [-0.25, -0.2) is 12.8 Å². The smallest absolute Gasteiger partial charge is 0.243 e. The molecule has 2 rings (SSSR count). The van der Waals surface area contributed by atoms with Gasteiger partial charge in [0.25, 0.3) is 0 Å². The minimum atomic E-state index is -4.03. The van der Waals surface area contributed by atoms with E-state index in [1.165, 1.54) is 19.2 Å². The van der Waals surface area contributed by atoms with Gasteiger partial charge in [0.05, 0.1) is 27.2 Å². The van der Waals surface area contributed by atoms with Gasteiger partial charge in [0.2, 0.25) is 15.9 Å². The predicted molar refractivity (Wildman–Crippen MR) is 96.0 cm³/mol. The van der Waals surface area contributed by atoms with Gasteiger partial charge in [-0.15, -0.1) is 0 Å². The molecule has 134 valence electrons. The summed E-state index contributed by atoms with van der Waals surface area (Å²) >= 11 is 11.9. The van der Waals surface area contributed by atoms with Gasteiger partial charge in [0, 0.05) is 7.05 Å². The molecule has 0 aliphatic heterocycles. The number of hydrogen-bond acceptors (Lipinski definition) is 3. The van der Waals surface area contributed by atoms with Gasteiger partial charge in [0.1, 0.15) is 5.82 Å². The van der Waals surface area contributed by atoms with Crippen LogP contribution in [0.25, 0.3) is 0 Å². The molecule has 1 amide bonds. The molecule has 2 aromatic carbocycles. The minimum Gasteiger partial charge on any atom is -0.322 e. The van der Waals surface area contributed by atoms with Crippen LogP contribution in [0.5, 0.6) is 0 Å². The van der Waals surface area contributed by atoms with Crippen LogP contribution in [0.4, 0.5) is 10.1 Å². The van der Waals surface area contributed by atoms with E-state index in [-0.39, 0.29) is 20.6 Å². The molecule has 0 spiro atoms. The number of rotatable bonds is 5. The maximum Gasteiger partial charge on any atom is 0.243 e. The van der Waals surface area contributed by atoms with Gasteiger partial charge in [-0.1, -0.05) is 35.3 Å². The summed E-state index contributed by atoms with van der Waals surface area (Å²) in [5.41, 5.74) is 0.575. The zero-order valence-electron chi connectivity index (χ0n) is 13.4. The third kappa shape index (κ3) is 4.49. The van der Waals surface area contributed by atoms with Crippen LogP contribution in [0.15, 0.2) is 41.3 Å². The summed E-state index contributed by atoms with van der Waals surface area (Å²) in [6.45, 7) is 1.06. The average Bonchev–Trinajstić information content (AvgIpc) is 2.53. The van der Waals surface area contributed by atoms with Crippen LogP contribution < -0.4 is 5.32 Å². The molecule has 0 aliphatic carbocycles. The van der Waals surface area contributed by atoms with Crippen molar-refractivity contribution in [3.63, 3.8) is 0 Å². The number of halogens is 3. The average molecular weight is 405 g/mol. The molecular formula is C16H15Cl2FN2O3S. The Morgan fingerprint density at radius 1 is 1.20 bits per heavy atom. The Balaban J connectivity index is 2.19. The molecule has 0 heterocycles. The molecule has 0 aromatic heterocycles. The maximum atomic E-state index is 13.4. The molecule has 9 heteroatoms. The van der Waals surface area contributed by atoms with E-state index in [1.807, 2.05) is 0 Å². The summed E-state index contributed by atoms with van der Waals surface area (Å²) in [6, 6.07) is 8.15. The van der Waals surface area contributed by atoms with Crippen LogP contribution >= 0.6 is 23.2 Å². The van der Waals surface area contributed by atoms with E-state index in [0.717, 1.165) is 10.4 Å². The largest absolute Gasteiger partial charge is 0.322 e. The van der Waals surface area contributed by atoms with Crippen molar-refractivity contribution in [3.05, 3.63) is 57.8 Å². The van der Waals surface area contributed by atoms with Gasteiger partial charge < -0.3 is 5.32 Å². The number of amides is 1. The summed E-state index contributed by atoms with van der Waals surface area (Å²) in [4.78, 5) is 12.0. The fourth-order valence-electron chi connectivity index (χ4n) is 2.10. The minimum absolute atomic E-state index is 0.196. The number of aryl methyl sites for hydroxylation is 1. The number of carbonyl (C=O) groups is 1. The molecule has 1 N–H and O–H groups in total. The Kier molecular flexibility index (Phi) is 6.05. The van der Waals surface area contributed by atoms with Crippen LogP contribution in [0.2, 0.25) is 10.0 Å². The van der Waals surface area contributed by atoms with Crippen molar-refractivity contribution >= 4 is 44.8 Å². The Morgan fingerprint density at radius 2 is 1.80 bits per heavy atom. The normalized spacial score (nSPS) is 11.6. The van der Waals surface area contributed by atoms with E-state index in [1.54, 1.807) is 25.1 Å². The first-order valence-electron chi connectivity index (χ1n) is 7.09. The third-order valence-electron chi connectivity index (χ3n) is 3.43. The van der Waals surface area contributed by atoms with Crippen LogP contribution in [0, 0.1) is 12.7 Å². The SMILES string of the molecule is Cc1ccc(F)cc1S(=O)(=O)N(C)CC(=O)Nc1c(Cl)cccc1Cl. The van der Waals surface area contributed by atoms with Crippen molar-refractivity contribution in [1.82, 2.24) is 4.31 Å². The molecule has 0 unspecified atom stereocenters. The first-order chi connectivity index (χ1) is 11.6. The molecule has 2 aromatic rings. The second-order valence-electron chi connectivity index (χ2n) is 5.32. The van der Waals surface area contributed by atoms with Crippen molar-refractivity contribution in [3.8, 4) is 0 Å². The maximum absolute atomic E-state index is 13.4. The molecule has 0 saturated carbocycles. The molecule has 25 heavy (non-hydrogen) atoms. The number of nitrogens with zero attached hydrogens (tertiary/aromatic N) is 1. The van der Waals surface area contributed by atoms with Crippen LogP contribution in [-0.2, 0) is 14.8 Å². The highest BCUT2D eigenvalue weighted by Gasteiger charge is 2.25. The molecule has 0 aliphatic rings. The lowest BCUT2D eigenvalue weighted by atomic mass is 10.2. The summed E-state index contributed by atoms with van der Waals surface area (Å²) in [6.07, 6.45) is 0. The number of sulfonamides is 1. The molecule has 0 bridgehead atoms. The molecular weight excluding hydrogens is 390 g/mol. The van der Waals surface area contributed by atoms with Gasteiger partial charge in [0.15, 0.2) is 0 Å². The summed E-state index contributed by atoms with van der Waals surface area (Å²) < 4.78 is 39.3. The number of carbonyl (C=O) groups excluding carboxylic acids is 1. The lowest BCUT2D eigenvalue weighted by Gasteiger charge is -2.18. The molecule has 0 saturated heterocycles. The number of para-hydroxylation sites is 1. The Labute approximate surface area is 155 Å². The van der Waals surface area contributed by atoms with Gasteiger partial charge in [-0.05, 0) is 36.8 Å². The zero-order chi connectivity index (χ0) is 18.8. The van der Waals surface area contributed by atoms with Gasteiger partial charge in [-0.3, -0.25) is 4.79 Å². The summed E-state index contributed by atoms with van der Waals surface area (Å²) in [5.74, 6) is -1.31. The number of benzene rings is 2. The third-order valence-corrected chi connectivity index (χ3v) is 6.01. The Morgan fingerprint density at radius 3 is 2.40 bits per heavy atom. The number of hydrogen-bond donors (Lipinski definition) is 1. The van der Waals surface area contributed by atoms with Crippen LogP contribution in [0.3, 0.4) is 0 Å². The first-order valence-corrected chi connectivity index (χ1v) is 9.29. The number of anilines is 1. The van der Waals surface area contributed by atoms with E-state index in [2.05, 4.69) is 5.32 Å². The number of nitrogens with one attached hydrogen (secondary N) is 1. The van der Waals surface area contributed by atoms with Crippen molar-refractivity contribution in [2.24, 2.45) is 0 Å². The highest BCUT2D eigenvalue weighted by Crippen LogP contribution is 2.29. The predicted octanol–water partition coefficient (Wildman–Crippen LogP) is 3.70. The van der Waals surface area contributed by atoms with Crippen molar-refractivity contribution in [1.29, 1.82) is 0 Å². The first kappa shape index (κ1) is 19.7. The molecule has 0 radical (unpaired) electrons. The highest BCUT2D eigenvalue weighted by atomic mass is 35.5. The van der Waals surface area contributed by atoms with Gasteiger partial charge >= 0.3 is 0 Å². The molecule has 0 atom stereocenters. The second kappa shape index (κ2) is 7.70. The van der Waals surface area contributed by atoms with E-state index in [4.69, 9.17) is 23.2 Å². The van der Waals surface area contributed by atoms with E-state index in [9.17, 15) is 17.6 Å². The lowest BCUT2D eigenvalue weighted by molar-refractivity contribution is -0.116. The summed E-state index contributed by atoms with van der Waals surface area (Å²) in [5, 5.41) is 2.93. The summed E-state index contributed by atoms with van der Waals surface area (Å²) in [7, 11) is -2.80. The van der Waals surface area contributed by atoms with E-state index >= 15 is 0 Å².